The average molecular weight is 601 g/mol. The first-order chi connectivity index (χ1) is 20.0. The third kappa shape index (κ3) is 9.90. The predicted molar refractivity (Wildman–Crippen MR) is 165 cm³/mol. The molecule has 1 saturated heterocycles. The Morgan fingerprint density at radius 1 is 0.929 bits per heavy atom. The minimum atomic E-state index is -3.89. The number of sulfonamides is 1. The van der Waals surface area contributed by atoms with Crippen molar-refractivity contribution in [2.24, 2.45) is 11.8 Å². The zero-order valence-electron chi connectivity index (χ0n) is 25.4. The van der Waals surface area contributed by atoms with E-state index < -0.39 is 28.2 Å². The first-order valence-electron chi connectivity index (χ1n) is 15.1. The third-order valence-electron chi connectivity index (χ3n) is 7.81. The Balaban J connectivity index is 1.83. The third-order valence-corrected chi connectivity index (χ3v) is 9.65. The van der Waals surface area contributed by atoms with Crippen molar-refractivity contribution in [1.29, 1.82) is 0 Å². The number of aliphatic hydroxyl groups is 1. The molecule has 42 heavy (non-hydrogen) atoms. The molecule has 4 atom stereocenters. The van der Waals surface area contributed by atoms with Crippen LogP contribution < -0.4 is 10.6 Å². The largest absolute Gasteiger partial charge is 0.390 e. The number of rotatable bonds is 16. The van der Waals surface area contributed by atoms with Crippen LogP contribution in [-0.4, -0.2) is 85.5 Å². The van der Waals surface area contributed by atoms with Crippen LogP contribution in [0.25, 0.3) is 0 Å². The van der Waals surface area contributed by atoms with E-state index in [2.05, 4.69) is 15.5 Å². The van der Waals surface area contributed by atoms with Gasteiger partial charge in [0.25, 0.3) is 0 Å². The van der Waals surface area contributed by atoms with E-state index >= 15 is 0 Å². The molecule has 9 nitrogen and oxygen atoms in total. The molecule has 0 aromatic heterocycles. The molecule has 2 aromatic carbocycles. The second-order valence-corrected chi connectivity index (χ2v) is 13.8. The number of nitrogens with one attached hydrogen (secondary N) is 2. The Hall–Kier alpha value is -2.79. The molecule has 1 aliphatic rings. The van der Waals surface area contributed by atoms with E-state index in [1.165, 1.54) is 4.31 Å². The fourth-order valence-electron chi connectivity index (χ4n) is 5.24. The van der Waals surface area contributed by atoms with Gasteiger partial charge >= 0.3 is 0 Å². The number of likely N-dealkylation sites (tertiary alicyclic amines) is 1. The maximum absolute atomic E-state index is 13.7. The van der Waals surface area contributed by atoms with Gasteiger partial charge in [0.05, 0.1) is 23.6 Å². The number of carbonyl (C=O) groups is 2. The Labute approximate surface area is 251 Å². The van der Waals surface area contributed by atoms with Gasteiger partial charge in [0.1, 0.15) is 6.04 Å². The van der Waals surface area contributed by atoms with Gasteiger partial charge in [0.15, 0.2) is 0 Å². The minimum absolute atomic E-state index is 0.0125. The number of hydrogen-bond donors (Lipinski definition) is 3. The predicted octanol–water partition coefficient (Wildman–Crippen LogP) is 3.05. The lowest BCUT2D eigenvalue weighted by Gasteiger charge is -2.32. The molecule has 1 unspecified atom stereocenters. The highest BCUT2D eigenvalue weighted by Gasteiger charge is 2.34. The molecule has 2 amide bonds. The van der Waals surface area contributed by atoms with Gasteiger partial charge in [0, 0.05) is 13.1 Å². The van der Waals surface area contributed by atoms with E-state index in [-0.39, 0.29) is 48.2 Å². The summed E-state index contributed by atoms with van der Waals surface area (Å²) in [7, 11) is -3.89. The van der Waals surface area contributed by atoms with Crippen LogP contribution in [0.2, 0.25) is 0 Å². The van der Waals surface area contributed by atoms with Crippen LogP contribution in [0.15, 0.2) is 65.6 Å². The molecule has 0 aliphatic carbocycles. The second kappa shape index (κ2) is 16.2. The van der Waals surface area contributed by atoms with E-state index in [4.69, 9.17) is 0 Å². The highest BCUT2D eigenvalue weighted by molar-refractivity contribution is 7.89. The van der Waals surface area contributed by atoms with Gasteiger partial charge in [-0.2, -0.15) is 4.31 Å². The highest BCUT2D eigenvalue weighted by Crippen LogP contribution is 2.19. The van der Waals surface area contributed by atoms with Gasteiger partial charge < -0.3 is 15.7 Å². The molecule has 1 fully saturated rings. The van der Waals surface area contributed by atoms with Crippen molar-refractivity contribution in [3.05, 3.63) is 66.2 Å². The van der Waals surface area contributed by atoms with E-state index in [9.17, 15) is 23.1 Å². The van der Waals surface area contributed by atoms with Crippen molar-refractivity contribution in [3.8, 4) is 0 Å². The lowest BCUT2D eigenvalue weighted by atomic mass is 9.96. The quantitative estimate of drug-likeness (QED) is 0.273. The van der Waals surface area contributed by atoms with Crippen LogP contribution in [0.5, 0.6) is 0 Å². The highest BCUT2D eigenvalue weighted by atomic mass is 32.2. The number of carbonyl (C=O) groups excluding carboxylic acids is 2. The maximum Gasteiger partial charge on any atom is 0.243 e. The van der Waals surface area contributed by atoms with Crippen molar-refractivity contribution in [1.82, 2.24) is 19.8 Å². The van der Waals surface area contributed by atoms with Crippen molar-refractivity contribution in [2.45, 2.75) is 76.5 Å². The number of nitrogens with zero attached hydrogens (tertiary/aromatic N) is 2. The molecule has 3 N–H and O–H groups in total. The Kier molecular flexibility index (Phi) is 13.0. The molecule has 2 aromatic rings. The van der Waals surface area contributed by atoms with E-state index in [0.29, 0.717) is 12.8 Å². The Bertz CT molecular complexity index is 1220. The lowest BCUT2D eigenvalue weighted by Crippen LogP contribution is -2.57. The number of hydrogen-bond acceptors (Lipinski definition) is 6. The van der Waals surface area contributed by atoms with Crippen molar-refractivity contribution in [3.63, 3.8) is 0 Å². The van der Waals surface area contributed by atoms with Crippen molar-refractivity contribution in [2.75, 3.05) is 32.7 Å². The van der Waals surface area contributed by atoms with Crippen LogP contribution in [0.3, 0.4) is 0 Å². The molecule has 10 heteroatoms. The second-order valence-electron chi connectivity index (χ2n) is 11.8. The minimum Gasteiger partial charge on any atom is -0.390 e. The van der Waals surface area contributed by atoms with Gasteiger partial charge in [-0.25, -0.2) is 8.42 Å². The summed E-state index contributed by atoms with van der Waals surface area (Å²) < 4.78 is 28.5. The maximum atomic E-state index is 13.7. The van der Waals surface area contributed by atoms with Gasteiger partial charge in [-0.05, 0) is 61.9 Å². The van der Waals surface area contributed by atoms with E-state index in [0.717, 1.165) is 31.5 Å². The van der Waals surface area contributed by atoms with Crippen LogP contribution >= 0.6 is 0 Å². The molecule has 3 rings (SSSR count). The zero-order valence-corrected chi connectivity index (χ0v) is 26.2. The van der Waals surface area contributed by atoms with Gasteiger partial charge in [-0.1, -0.05) is 82.6 Å². The molecule has 232 valence electrons. The Morgan fingerprint density at radius 2 is 1.52 bits per heavy atom. The van der Waals surface area contributed by atoms with Crippen molar-refractivity contribution >= 4 is 21.8 Å². The summed E-state index contributed by atoms with van der Waals surface area (Å²) in [5.74, 6) is -0.716. The molecule has 1 heterocycles. The first kappa shape index (κ1) is 33.7. The lowest BCUT2D eigenvalue weighted by molar-refractivity contribution is -0.131. The summed E-state index contributed by atoms with van der Waals surface area (Å²) in [6.07, 6.45) is 1.89. The summed E-state index contributed by atoms with van der Waals surface area (Å²) in [6, 6.07) is 16.1. The van der Waals surface area contributed by atoms with Crippen LogP contribution in [0.4, 0.5) is 0 Å². The molecule has 0 radical (unpaired) electrons. The monoisotopic (exact) mass is 600 g/mol. The topological polar surface area (TPSA) is 119 Å². The molecule has 0 bridgehead atoms. The van der Waals surface area contributed by atoms with Crippen LogP contribution in [0, 0.1) is 11.8 Å². The number of amides is 2. The summed E-state index contributed by atoms with van der Waals surface area (Å²) in [4.78, 5) is 28.8. The fraction of sp³-hybridized carbons (Fsp3) is 0.562. The van der Waals surface area contributed by atoms with E-state index in [1.807, 2.05) is 58.0 Å². The molecule has 1 aliphatic heterocycles. The standard InChI is InChI=1S/C32H48N4O5S/c1-5-25(4)31(34-30(38)23-35-18-12-13-19-35)32(39)33-28(20-26-14-8-6-9-15-26)29(37)22-36(21-24(2)3)42(40,41)27-16-10-7-11-17-27/h6-11,14-17,24-25,28-29,31,37H,5,12-13,18-23H2,1-4H3,(H,33,39)(H,34,38)/t25-,28?,29+,31-/m0/s1. The van der Waals surface area contributed by atoms with Gasteiger partial charge in [0.2, 0.25) is 21.8 Å². The van der Waals surface area contributed by atoms with Crippen LogP contribution in [0.1, 0.15) is 52.5 Å². The SMILES string of the molecule is CC[C@H](C)[C@H](NC(=O)CN1CCCC1)C(=O)NC(Cc1ccccc1)[C@H](O)CN(CC(C)C)S(=O)(=O)c1ccccc1. The first-order valence-corrected chi connectivity index (χ1v) is 16.5. The smallest absolute Gasteiger partial charge is 0.243 e. The van der Waals surface area contributed by atoms with Gasteiger partial charge in [-0.3, -0.25) is 14.5 Å². The van der Waals surface area contributed by atoms with Crippen LogP contribution in [-0.2, 0) is 26.0 Å². The summed E-state index contributed by atoms with van der Waals surface area (Å²) in [5, 5.41) is 17.5. The average Bonchev–Trinajstić information content (AvgIpc) is 3.48. The summed E-state index contributed by atoms with van der Waals surface area (Å²) >= 11 is 0. The zero-order chi connectivity index (χ0) is 30.7. The number of benzene rings is 2. The molecule has 0 spiro atoms. The van der Waals surface area contributed by atoms with Gasteiger partial charge in [-0.15, -0.1) is 0 Å². The summed E-state index contributed by atoms with van der Waals surface area (Å²) in [6.45, 7) is 9.74. The molecular weight excluding hydrogens is 552 g/mol. The Morgan fingerprint density at radius 3 is 2.10 bits per heavy atom. The summed E-state index contributed by atoms with van der Waals surface area (Å²) in [5.41, 5.74) is 0.890. The fourth-order valence-corrected chi connectivity index (χ4v) is 6.89. The number of aliphatic hydroxyl groups excluding tert-OH is 1. The van der Waals surface area contributed by atoms with E-state index in [1.54, 1.807) is 30.3 Å². The normalized spacial score (nSPS) is 17.1. The van der Waals surface area contributed by atoms with Crippen molar-refractivity contribution < 1.29 is 23.1 Å². The molecular formula is C32H48N4O5S. The molecule has 0 saturated carbocycles.